The first-order valence-electron chi connectivity index (χ1n) is 8.29. The van der Waals surface area contributed by atoms with E-state index in [1.165, 1.54) is 23.6 Å². The Hall–Kier alpha value is -2.45. The minimum absolute atomic E-state index is 0.0177. The number of hydrogen-bond donors (Lipinski definition) is 2. The number of carbonyl (C=O) groups is 3. The average Bonchev–Trinajstić information content (AvgIpc) is 2.87. The average molecular weight is 405 g/mol. The predicted molar refractivity (Wildman–Crippen MR) is 110 cm³/mol. The molecule has 1 saturated heterocycles. The summed E-state index contributed by atoms with van der Waals surface area (Å²) in [7, 11) is 0. The number of nitrogens with one attached hydrogen (secondary N) is 1. The second-order valence-electron chi connectivity index (χ2n) is 6.01. The van der Waals surface area contributed by atoms with Gasteiger partial charge in [0.25, 0.3) is 5.91 Å². The van der Waals surface area contributed by atoms with Gasteiger partial charge in [-0.2, -0.15) is 0 Å². The molecule has 0 aliphatic carbocycles. The van der Waals surface area contributed by atoms with Gasteiger partial charge in [-0.25, -0.2) is 0 Å². The van der Waals surface area contributed by atoms with Gasteiger partial charge in [0.2, 0.25) is 5.91 Å². The second-order valence-corrected chi connectivity index (χ2v) is 7.69. The van der Waals surface area contributed by atoms with Gasteiger partial charge in [0.1, 0.15) is 10.4 Å². The fraction of sp³-hybridized carbons (Fsp3) is 0.263. The van der Waals surface area contributed by atoms with Gasteiger partial charge in [-0.3, -0.25) is 19.3 Å². The molecule has 1 heterocycles. The zero-order valence-electron chi connectivity index (χ0n) is 15.0. The molecule has 0 saturated carbocycles. The number of thiocarbonyl (C=S) groups is 1. The van der Waals surface area contributed by atoms with E-state index in [0.29, 0.717) is 9.23 Å². The van der Waals surface area contributed by atoms with Crippen molar-refractivity contribution in [2.75, 3.05) is 6.54 Å². The van der Waals surface area contributed by atoms with Gasteiger partial charge in [0, 0.05) is 13.0 Å². The Morgan fingerprint density at radius 1 is 1.33 bits per heavy atom. The van der Waals surface area contributed by atoms with Crippen LogP contribution in [0.5, 0.6) is 0 Å². The quantitative estimate of drug-likeness (QED) is 0.537. The van der Waals surface area contributed by atoms with Gasteiger partial charge in [-0.15, -0.1) is 0 Å². The summed E-state index contributed by atoms with van der Waals surface area (Å²) in [5, 5.41) is 11.2. The summed E-state index contributed by atoms with van der Waals surface area (Å²) in [6, 6.07) is 8.78. The van der Waals surface area contributed by atoms with Crippen molar-refractivity contribution in [3.63, 3.8) is 0 Å². The number of carbonyl (C=O) groups excluding carboxylic acids is 2. The normalized spacial score (nSPS) is 17.3. The molecule has 8 heteroatoms. The number of allylic oxidation sites excluding steroid dienone is 2. The van der Waals surface area contributed by atoms with E-state index in [4.69, 9.17) is 17.3 Å². The number of carboxylic acids is 1. The van der Waals surface area contributed by atoms with Crippen molar-refractivity contribution in [3.05, 3.63) is 52.4 Å². The summed E-state index contributed by atoms with van der Waals surface area (Å²) in [5.74, 6) is -1.80. The number of nitrogens with zero attached hydrogens (tertiary/aromatic N) is 1. The minimum atomic E-state index is -1.11. The summed E-state index contributed by atoms with van der Waals surface area (Å²) in [6.07, 6.45) is 3.72. The highest BCUT2D eigenvalue weighted by atomic mass is 32.2. The molecular formula is C19H20N2O4S2. The Labute approximate surface area is 167 Å². The third kappa shape index (κ3) is 6.04. The number of benzene rings is 1. The lowest BCUT2D eigenvalue weighted by atomic mass is 10.1. The molecule has 1 aliphatic rings. The standard InChI is InChI=1S/C19H20N2O4S2/c1-12(10-14-6-4-3-5-7-14)11-15-17(23)21(19(26)27-15)9-8-16(22)20-13(2)18(24)25/h3-7,10-11,13H,8-9H2,1-2H3,(H,20,22)(H,24,25)/b12-10+,15-11+/t13-/m1/s1. The van der Waals surface area contributed by atoms with Crippen LogP contribution >= 0.6 is 24.0 Å². The van der Waals surface area contributed by atoms with Gasteiger partial charge in [0.15, 0.2) is 0 Å². The predicted octanol–water partition coefficient (Wildman–Crippen LogP) is 2.81. The van der Waals surface area contributed by atoms with Crippen LogP contribution < -0.4 is 5.32 Å². The van der Waals surface area contributed by atoms with E-state index in [0.717, 1.165) is 11.1 Å². The molecule has 2 amide bonds. The third-order valence-electron chi connectivity index (χ3n) is 3.74. The molecule has 0 aromatic heterocycles. The van der Waals surface area contributed by atoms with Gasteiger partial charge in [-0.1, -0.05) is 60.4 Å². The van der Waals surface area contributed by atoms with Crippen LogP contribution in [0.3, 0.4) is 0 Å². The van der Waals surface area contributed by atoms with E-state index in [2.05, 4.69) is 5.32 Å². The topological polar surface area (TPSA) is 86.7 Å². The molecule has 142 valence electrons. The van der Waals surface area contributed by atoms with E-state index >= 15 is 0 Å². The molecule has 1 aliphatic heterocycles. The molecule has 0 bridgehead atoms. The van der Waals surface area contributed by atoms with E-state index in [9.17, 15) is 14.4 Å². The number of thioether (sulfide) groups is 1. The van der Waals surface area contributed by atoms with Crippen LogP contribution in [0.15, 0.2) is 46.9 Å². The van der Waals surface area contributed by atoms with Crippen LogP contribution in [0.25, 0.3) is 6.08 Å². The molecule has 27 heavy (non-hydrogen) atoms. The molecule has 1 aromatic rings. The number of rotatable bonds is 7. The second kappa shape index (κ2) is 9.48. The Balaban J connectivity index is 1.99. The third-order valence-corrected chi connectivity index (χ3v) is 5.11. The lowest BCUT2D eigenvalue weighted by Gasteiger charge is -2.15. The Kier molecular flexibility index (Phi) is 7.32. The maximum atomic E-state index is 12.5. The Morgan fingerprint density at radius 2 is 2.00 bits per heavy atom. The fourth-order valence-electron chi connectivity index (χ4n) is 2.34. The molecule has 2 N–H and O–H groups in total. The first-order valence-corrected chi connectivity index (χ1v) is 9.51. The highest BCUT2D eigenvalue weighted by Crippen LogP contribution is 2.32. The van der Waals surface area contributed by atoms with Gasteiger partial charge in [0.05, 0.1) is 4.91 Å². The highest BCUT2D eigenvalue weighted by Gasteiger charge is 2.32. The van der Waals surface area contributed by atoms with Crippen molar-refractivity contribution in [1.29, 1.82) is 0 Å². The van der Waals surface area contributed by atoms with Gasteiger partial charge < -0.3 is 10.4 Å². The zero-order chi connectivity index (χ0) is 20.0. The summed E-state index contributed by atoms with van der Waals surface area (Å²) >= 11 is 6.43. The van der Waals surface area contributed by atoms with E-state index < -0.39 is 17.9 Å². The molecule has 6 nitrogen and oxygen atoms in total. The minimum Gasteiger partial charge on any atom is -0.480 e. The monoisotopic (exact) mass is 404 g/mol. The molecular weight excluding hydrogens is 384 g/mol. The Morgan fingerprint density at radius 3 is 2.63 bits per heavy atom. The van der Waals surface area contributed by atoms with E-state index in [1.807, 2.05) is 43.3 Å². The van der Waals surface area contributed by atoms with Crippen LogP contribution in [-0.2, 0) is 14.4 Å². The lowest BCUT2D eigenvalue weighted by Crippen LogP contribution is -2.40. The zero-order valence-corrected chi connectivity index (χ0v) is 16.6. The number of aliphatic carboxylic acids is 1. The molecule has 0 unspecified atom stereocenters. The number of carboxylic acid groups (broad SMARTS) is 1. The molecule has 2 rings (SSSR count). The maximum Gasteiger partial charge on any atom is 0.325 e. The summed E-state index contributed by atoms with van der Waals surface area (Å²) < 4.78 is 0.387. The van der Waals surface area contributed by atoms with Crippen molar-refractivity contribution < 1.29 is 19.5 Å². The van der Waals surface area contributed by atoms with Crippen LogP contribution in [0.2, 0.25) is 0 Å². The number of hydrogen-bond acceptors (Lipinski definition) is 5. The first-order chi connectivity index (χ1) is 12.8. The highest BCUT2D eigenvalue weighted by molar-refractivity contribution is 8.26. The molecule has 1 fully saturated rings. The number of amides is 2. The molecule has 1 atom stereocenters. The van der Waals surface area contributed by atoms with Crippen LogP contribution in [0.4, 0.5) is 0 Å². The van der Waals surface area contributed by atoms with Crippen molar-refractivity contribution in [2.24, 2.45) is 0 Å². The molecule has 0 radical (unpaired) electrons. The maximum absolute atomic E-state index is 12.5. The van der Waals surface area contributed by atoms with E-state index in [1.54, 1.807) is 6.08 Å². The van der Waals surface area contributed by atoms with Crippen molar-refractivity contribution >= 4 is 52.2 Å². The summed E-state index contributed by atoms with van der Waals surface area (Å²) in [6.45, 7) is 3.40. The first kappa shape index (κ1) is 20.9. The van der Waals surface area contributed by atoms with Crippen LogP contribution in [0.1, 0.15) is 25.8 Å². The smallest absolute Gasteiger partial charge is 0.325 e. The van der Waals surface area contributed by atoms with Crippen molar-refractivity contribution in [3.8, 4) is 0 Å². The SMILES string of the molecule is CC(=C\c1ccccc1)/C=C1/SC(=S)N(CCC(=O)N[C@H](C)C(=O)O)C1=O. The van der Waals surface area contributed by atoms with Gasteiger partial charge in [-0.05, 0) is 31.1 Å². The summed E-state index contributed by atoms with van der Waals surface area (Å²) in [5.41, 5.74) is 1.95. The van der Waals surface area contributed by atoms with Crippen LogP contribution in [-0.4, -0.2) is 44.7 Å². The van der Waals surface area contributed by atoms with Crippen molar-refractivity contribution in [2.45, 2.75) is 26.3 Å². The summed E-state index contributed by atoms with van der Waals surface area (Å²) in [4.78, 5) is 37.0. The molecule has 0 spiro atoms. The van der Waals surface area contributed by atoms with Crippen molar-refractivity contribution in [1.82, 2.24) is 10.2 Å². The van der Waals surface area contributed by atoms with Gasteiger partial charge >= 0.3 is 5.97 Å². The molecule has 1 aromatic carbocycles. The fourth-order valence-corrected chi connectivity index (χ4v) is 3.70. The van der Waals surface area contributed by atoms with Crippen LogP contribution in [0, 0.1) is 0 Å². The lowest BCUT2D eigenvalue weighted by molar-refractivity contribution is -0.141. The van der Waals surface area contributed by atoms with E-state index in [-0.39, 0.29) is 18.9 Å². The largest absolute Gasteiger partial charge is 0.480 e. The Bertz CT molecular complexity index is 818.